The molecule has 2 heteroatoms. The van der Waals surface area contributed by atoms with Gasteiger partial charge in [-0.3, -0.25) is 0 Å². The van der Waals surface area contributed by atoms with Crippen LogP contribution >= 0.6 is 0 Å². The van der Waals surface area contributed by atoms with Crippen LogP contribution in [0.15, 0.2) is 12.2 Å². The summed E-state index contributed by atoms with van der Waals surface area (Å²) in [7, 11) is -1.08. The van der Waals surface area contributed by atoms with E-state index < -0.39 is 8.07 Å². The van der Waals surface area contributed by atoms with Gasteiger partial charge in [0.15, 0.2) is 0 Å². The monoisotopic (exact) mass is 172 g/mol. The number of hydrogen-bond donors (Lipinski definition) is 1. The van der Waals surface area contributed by atoms with Crippen molar-refractivity contribution in [1.82, 2.24) is 0 Å². The van der Waals surface area contributed by atoms with Gasteiger partial charge < -0.3 is 5.11 Å². The Morgan fingerprint density at radius 2 is 1.91 bits per heavy atom. The predicted molar refractivity (Wildman–Crippen MR) is 53.6 cm³/mol. The molecule has 0 fully saturated rings. The number of rotatable bonds is 4. The molecule has 0 aliphatic rings. The molecular formula is C9H20OSi. The molecule has 0 saturated heterocycles. The fourth-order valence-corrected chi connectivity index (χ4v) is 2.95. The van der Waals surface area contributed by atoms with Crippen LogP contribution in [0.3, 0.4) is 0 Å². The molecule has 66 valence electrons. The summed E-state index contributed by atoms with van der Waals surface area (Å²) < 4.78 is 0. The molecule has 1 atom stereocenters. The maximum Gasteiger partial charge on any atom is 0.0514 e. The van der Waals surface area contributed by atoms with Crippen molar-refractivity contribution < 1.29 is 5.11 Å². The molecule has 1 N–H and O–H groups in total. The summed E-state index contributed by atoms with van der Waals surface area (Å²) >= 11 is 0. The molecule has 0 bridgehead atoms. The third-order valence-corrected chi connectivity index (χ3v) is 4.68. The van der Waals surface area contributed by atoms with Crippen LogP contribution in [-0.2, 0) is 0 Å². The summed E-state index contributed by atoms with van der Waals surface area (Å²) in [4.78, 5) is 0. The fourth-order valence-electron chi connectivity index (χ4n) is 1.19. The fraction of sp³-hybridized carbons (Fsp3) is 0.778. The molecule has 0 heterocycles. The van der Waals surface area contributed by atoms with Crippen LogP contribution in [-0.4, -0.2) is 19.8 Å². The molecule has 0 saturated carbocycles. The molecule has 0 aromatic heterocycles. The Kier molecular flexibility index (Phi) is 4.69. The van der Waals surface area contributed by atoms with Gasteiger partial charge >= 0.3 is 0 Å². The average molecular weight is 172 g/mol. The summed E-state index contributed by atoms with van der Waals surface area (Å²) in [5.74, 6) is 0. The number of hydrogen-bond acceptors (Lipinski definition) is 1. The molecule has 0 amide bonds. The average Bonchev–Trinajstić information content (AvgIpc) is 1.85. The maximum absolute atomic E-state index is 8.81. The van der Waals surface area contributed by atoms with Gasteiger partial charge in [0, 0.05) is 6.61 Å². The lowest BCUT2D eigenvalue weighted by molar-refractivity contribution is 0.288. The number of aliphatic hydroxyl groups excluding tert-OH is 1. The molecule has 0 unspecified atom stereocenters. The largest absolute Gasteiger partial charge is 0.396 e. The molecule has 0 radical (unpaired) electrons. The molecule has 0 rings (SSSR count). The van der Waals surface area contributed by atoms with Gasteiger partial charge in [0.25, 0.3) is 0 Å². The molecule has 1 nitrogen and oxygen atoms in total. The van der Waals surface area contributed by atoms with Crippen molar-refractivity contribution in [1.29, 1.82) is 0 Å². The first-order chi connectivity index (χ1) is 5.02. The van der Waals surface area contributed by atoms with Crippen LogP contribution in [0.25, 0.3) is 0 Å². The minimum atomic E-state index is -1.08. The Labute approximate surface area is 71.1 Å². The molecule has 0 aromatic rings. The van der Waals surface area contributed by atoms with E-state index >= 15 is 0 Å². The van der Waals surface area contributed by atoms with Crippen LogP contribution in [0.4, 0.5) is 0 Å². The Morgan fingerprint density at radius 1 is 1.36 bits per heavy atom. The number of aliphatic hydroxyl groups is 1. The Bertz CT molecular complexity index is 124. The highest BCUT2D eigenvalue weighted by molar-refractivity contribution is 6.78. The molecule has 0 aromatic carbocycles. The van der Waals surface area contributed by atoms with E-state index in [0.29, 0.717) is 12.1 Å². The summed E-state index contributed by atoms with van der Waals surface area (Å²) in [6.07, 6.45) is 5.26. The van der Waals surface area contributed by atoms with E-state index in [1.54, 1.807) is 0 Å². The van der Waals surface area contributed by atoms with Crippen LogP contribution < -0.4 is 0 Å². The quantitative estimate of drug-likeness (QED) is 0.510. The Balaban J connectivity index is 4.10. The summed E-state index contributed by atoms with van der Waals surface area (Å²) in [5, 5.41) is 8.81. The standard InChI is InChI=1S/C9H20OSi/c1-5-6-9(7-8-10)11(2,3)4/h5-6,9-10H,7-8H2,1-4H3/b6-5+/t9-/m0/s1. The lowest BCUT2D eigenvalue weighted by atomic mass is 10.3. The molecular weight excluding hydrogens is 152 g/mol. The first-order valence-corrected chi connectivity index (χ1v) is 7.83. The molecule has 0 aliphatic carbocycles. The zero-order chi connectivity index (χ0) is 8.91. The highest BCUT2D eigenvalue weighted by Gasteiger charge is 2.23. The smallest absolute Gasteiger partial charge is 0.0514 e. The Morgan fingerprint density at radius 3 is 2.18 bits per heavy atom. The SMILES string of the molecule is C/C=C/[C@@H](CCO)[Si](C)(C)C. The van der Waals surface area contributed by atoms with Crippen LogP contribution in [0, 0.1) is 0 Å². The molecule has 0 spiro atoms. The van der Waals surface area contributed by atoms with E-state index in [1.165, 1.54) is 0 Å². The Hall–Kier alpha value is -0.0831. The molecule has 11 heavy (non-hydrogen) atoms. The molecule has 0 aliphatic heterocycles. The van der Waals surface area contributed by atoms with Crippen molar-refractivity contribution in [3.63, 3.8) is 0 Å². The second kappa shape index (κ2) is 4.73. The van der Waals surface area contributed by atoms with E-state index in [2.05, 4.69) is 31.8 Å². The maximum atomic E-state index is 8.81. The first-order valence-electron chi connectivity index (χ1n) is 4.26. The van der Waals surface area contributed by atoms with Crippen molar-refractivity contribution in [2.24, 2.45) is 0 Å². The van der Waals surface area contributed by atoms with E-state index in [-0.39, 0.29) is 0 Å². The van der Waals surface area contributed by atoms with E-state index in [4.69, 9.17) is 5.11 Å². The highest BCUT2D eigenvalue weighted by atomic mass is 28.3. The van der Waals surface area contributed by atoms with Crippen molar-refractivity contribution in [3.8, 4) is 0 Å². The lowest BCUT2D eigenvalue weighted by Crippen LogP contribution is -2.27. The van der Waals surface area contributed by atoms with Crippen LogP contribution in [0.1, 0.15) is 13.3 Å². The zero-order valence-electron chi connectivity index (χ0n) is 8.09. The van der Waals surface area contributed by atoms with Crippen molar-refractivity contribution in [2.75, 3.05) is 6.61 Å². The van der Waals surface area contributed by atoms with Gasteiger partial charge in [-0.1, -0.05) is 31.8 Å². The summed E-state index contributed by atoms with van der Waals surface area (Å²) in [6, 6.07) is 0. The summed E-state index contributed by atoms with van der Waals surface area (Å²) in [6.45, 7) is 9.39. The van der Waals surface area contributed by atoms with Gasteiger partial charge in [-0.05, 0) is 18.9 Å². The number of allylic oxidation sites excluding steroid dienone is 2. The minimum Gasteiger partial charge on any atom is -0.396 e. The minimum absolute atomic E-state index is 0.319. The topological polar surface area (TPSA) is 20.2 Å². The van der Waals surface area contributed by atoms with Crippen molar-refractivity contribution >= 4 is 8.07 Å². The van der Waals surface area contributed by atoms with Gasteiger partial charge in [0.1, 0.15) is 0 Å². The van der Waals surface area contributed by atoms with Crippen LogP contribution in [0.5, 0.6) is 0 Å². The third kappa shape index (κ3) is 4.38. The van der Waals surface area contributed by atoms with E-state index in [0.717, 1.165) is 6.42 Å². The third-order valence-electron chi connectivity index (χ3n) is 1.98. The zero-order valence-corrected chi connectivity index (χ0v) is 9.09. The van der Waals surface area contributed by atoms with Gasteiger partial charge in [0.05, 0.1) is 8.07 Å². The van der Waals surface area contributed by atoms with Gasteiger partial charge in [-0.2, -0.15) is 0 Å². The lowest BCUT2D eigenvalue weighted by Gasteiger charge is -2.25. The van der Waals surface area contributed by atoms with Crippen LogP contribution in [0.2, 0.25) is 25.2 Å². The van der Waals surface area contributed by atoms with Gasteiger partial charge in [0.2, 0.25) is 0 Å². The van der Waals surface area contributed by atoms with Crippen molar-refractivity contribution in [2.45, 2.75) is 38.5 Å². The summed E-state index contributed by atoms with van der Waals surface area (Å²) in [5.41, 5.74) is 0.637. The van der Waals surface area contributed by atoms with Gasteiger partial charge in [-0.15, -0.1) is 0 Å². The normalized spacial score (nSPS) is 15.7. The van der Waals surface area contributed by atoms with E-state index in [9.17, 15) is 0 Å². The second-order valence-corrected chi connectivity index (χ2v) is 9.48. The van der Waals surface area contributed by atoms with Crippen molar-refractivity contribution in [3.05, 3.63) is 12.2 Å². The second-order valence-electron chi connectivity index (χ2n) is 4.01. The van der Waals surface area contributed by atoms with E-state index in [1.807, 2.05) is 6.92 Å². The highest BCUT2D eigenvalue weighted by Crippen LogP contribution is 2.26. The first kappa shape index (κ1) is 10.9. The predicted octanol–water partition coefficient (Wildman–Crippen LogP) is 2.65. The van der Waals surface area contributed by atoms with Gasteiger partial charge in [-0.25, -0.2) is 0 Å².